The van der Waals surface area contributed by atoms with E-state index >= 15 is 0 Å². The normalized spacial score (nSPS) is 21.9. The van der Waals surface area contributed by atoms with Crippen molar-refractivity contribution < 1.29 is 9.59 Å². The summed E-state index contributed by atoms with van der Waals surface area (Å²) in [6.45, 7) is 8.29. The summed E-state index contributed by atoms with van der Waals surface area (Å²) in [5, 5.41) is 2.90. The summed E-state index contributed by atoms with van der Waals surface area (Å²) >= 11 is 0. The Bertz CT molecular complexity index is 867. The zero-order valence-electron chi connectivity index (χ0n) is 16.3. The van der Waals surface area contributed by atoms with E-state index in [1.165, 1.54) is 0 Å². The maximum atomic E-state index is 12.7. The molecular weight excluding hydrogens is 336 g/mol. The van der Waals surface area contributed by atoms with Crippen molar-refractivity contribution in [3.05, 3.63) is 71.5 Å². The van der Waals surface area contributed by atoms with Crippen LogP contribution in [0.5, 0.6) is 0 Å². The van der Waals surface area contributed by atoms with Crippen molar-refractivity contribution in [3.8, 4) is 0 Å². The molecule has 0 spiro atoms. The van der Waals surface area contributed by atoms with Gasteiger partial charge < -0.3 is 5.32 Å². The van der Waals surface area contributed by atoms with Crippen LogP contribution in [0.25, 0.3) is 0 Å². The van der Waals surface area contributed by atoms with Gasteiger partial charge in [-0.2, -0.15) is 0 Å². The molecular formula is C23H26N2O2. The van der Waals surface area contributed by atoms with Crippen LogP contribution >= 0.6 is 0 Å². The molecule has 0 saturated heterocycles. The van der Waals surface area contributed by atoms with Crippen molar-refractivity contribution in [3.63, 3.8) is 0 Å². The molecule has 27 heavy (non-hydrogen) atoms. The Kier molecular flexibility index (Phi) is 5.26. The smallest absolute Gasteiger partial charge is 0.253 e. The van der Waals surface area contributed by atoms with E-state index in [1.54, 1.807) is 6.08 Å². The molecule has 1 heterocycles. The Morgan fingerprint density at radius 1 is 1.19 bits per heavy atom. The molecule has 0 saturated carbocycles. The van der Waals surface area contributed by atoms with Crippen molar-refractivity contribution in [1.82, 2.24) is 5.32 Å². The van der Waals surface area contributed by atoms with Gasteiger partial charge in [-0.25, -0.2) is 4.99 Å². The minimum absolute atomic E-state index is 0.0212. The zero-order chi connectivity index (χ0) is 19.6. The van der Waals surface area contributed by atoms with E-state index in [2.05, 4.69) is 31.1 Å². The van der Waals surface area contributed by atoms with Crippen LogP contribution in [0.15, 0.2) is 70.9 Å². The fourth-order valence-electron chi connectivity index (χ4n) is 3.59. The molecule has 2 atom stereocenters. The van der Waals surface area contributed by atoms with Gasteiger partial charge in [0.05, 0.1) is 11.6 Å². The van der Waals surface area contributed by atoms with Gasteiger partial charge in [-0.1, -0.05) is 64.1 Å². The number of hydrogen-bond donors (Lipinski definition) is 1. The highest BCUT2D eigenvalue weighted by Gasteiger charge is 2.33. The van der Waals surface area contributed by atoms with Crippen LogP contribution in [0.1, 0.15) is 45.6 Å². The van der Waals surface area contributed by atoms with Crippen molar-refractivity contribution >= 4 is 17.5 Å². The molecule has 1 N–H and O–H groups in total. The van der Waals surface area contributed by atoms with Crippen LogP contribution in [0, 0.1) is 11.3 Å². The number of fused-ring (bicyclic) bond motifs is 1. The fraction of sp³-hybridized carbons (Fsp3) is 0.348. The van der Waals surface area contributed by atoms with Gasteiger partial charge >= 0.3 is 0 Å². The molecule has 0 radical (unpaired) electrons. The summed E-state index contributed by atoms with van der Waals surface area (Å²) in [7, 11) is 0. The monoisotopic (exact) mass is 362 g/mol. The Morgan fingerprint density at radius 3 is 2.52 bits per heavy atom. The molecule has 0 fully saturated rings. The average molecular weight is 362 g/mol. The predicted molar refractivity (Wildman–Crippen MR) is 108 cm³/mol. The molecule has 3 rings (SSSR count). The van der Waals surface area contributed by atoms with Crippen LogP contribution in [0.4, 0.5) is 0 Å². The Balaban J connectivity index is 1.87. The summed E-state index contributed by atoms with van der Waals surface area (Å²) < 4.78 is 0. The number of nitrogens with zero attached hydrogens (tertiary/aromatic N) is 1. The first-order chi connectivity index (χ1) is 12.8. The van der Waals surface area contributed by atoms with Crippen molar-refractivity contribution in [2.75, 3.05) is 0 Å². The maximum absolute atomic E-state index is 12.7. The fourth-order valence-corrected chi connectivity index (χ4v) is 3.59. The Morgan fingerprint density at radius 2 is 1.89 bits per heavy atom. The molecule has 1 aromatic rings. The second kappa shape index (κ2) is 7.47. The highest BCUT2D eigenvalue weighted by Crippen LogP contribution is 2.38. The maximum Gasteiger partial charge on any atom is 0.253 e. The average Bonchev–Trinajstić information content (AvgIpc) is 2.61. The number of carbonyl (C=O) groups excluding carboxylic acids is 2. The van der Waals surface area contributed by atoms with Gasteiger partial charge in [-0.05, 0) is 35.1 Å². The molecule has 0 bridgehead atoms. The highest BCUT2D eigenvalue weighted by atomic mass is 16.2. The summed E-state index contributed by atoms with van der Waals surface area (Å²) in [6, 6.07) is 9.72. The number of amides is 2. The van der Waals surface area contributed by atoms with E-state index in [4.69, 9.17) is 0 Å². The van der Waals surface area contributed by atoms with Gasteiger partial charge in [0.2, 0.25) is 5.91 Å². The number of allylic oxidation sites excluding steroid dienone is 3. The lowest BCUT2D eigenvalue weighted by Gasteiger charge is -2.34. The van der Waals surface area contributed by atoms with E-state index in [0.29, 0.717) is 12.1 Å². The third-order valence-electron chi connectivity index (χ3n) is 5.00. The number of benzene rings is 1. The standard InChI is InChI=1S/C23H26N2O2/c1-5-17(15-9-7-6-8-10-15)22(27)24-16-11-12-18-19(23(2,3)4)14-21(26)25-20(18)13-16/h6-14,17-18H,5H2,1-4H3,(H,25,26). The second-order valence-corrected chi connectivity index (χ2v) is 8.02. The molecule has 2 amide bonds. The summed E-state index contributed by atoms with van der Waals surface area (Å²) in [5.74, 6) is -0.520. The molecule has 4 heteroatoms. The van der Waals surface area contributed by atoms with E-state index < -0.39 is 0 Å². The van der Waals surface area contributed by atoms with Crippen LogP contribution in [-0.2, 0) is 9.59 Å². The third-order valence-corrected chi connectivity index (χ3v) is 5.00. The van der Waals surface area contributed by atoms with Gasteiger partial charge in [0.1, 0.15) is 0 Å². The lowest BCUT2D eigenvalue weighted by Crippen LogP contribution is -2.36. The number of aliphatic imine (C=N–C) groups is 1. The Labute approximate surface area is 160 Å². The van der Waals surface area contributed by atoms with Crippen LogP contribution in [0.3, 0.4) is 0 Å². The van der Waals surface area contributed by atoms with Crippen LogP contribution in [-0.4, -0.2) is 17.5 Å². The molecule has 140 valence electrons. The first kappa shape index (κ1) is 19.0. The molecule has 1 aliphatic heterocycles. The topological polar surface area (TPSA) is 58.5 Å². The van der Waals surface area contributed by atoms with Gasteiger partial charge in [-0.3, -0.25) is 9.59 Å². The first-order valence-corrected chi connectivity index (χ1v) is 9.40. The lowest BCUT2D eigenvalue weighted by molar-refractivity contribution is -0.119. The molecule has 1 aliphatic carbocycles. The van der Waals surface area contributed by atoms with Gasteiger partial charge in [-0.15, -0.1) is 0 Å². The lowest BCUT2D eigenvalue weighted by atomic mass is 9.74. The molecule has 2 aliphatic rings. The summed E-state index contributed by atoms with van der Waals surface area (Å²) in [5.41, 5.74) is 3.29. The van der Waals surface area contributed by atoms with E-state index in [-0.39, 0.29) is 29.1 Å². The Hall–Kier alpha value is -2.75. The van der Waals surface area contributed by atoms with E-state index in [0.717, 1.165) is 16.8 Å². The summed E-state index contributed by atoms with van der Waals surface area (Å²) in [6.07, 6.45) is 8.08. The van der Waals surface area contributed by atoms with Crippen molar-refractivity contribution in [1.29, 1.82) is 0 Å². The number of nitrogens with one attached hydrogen (secondary N) is 1. The number of carbonyl (C=O) groups is 2. The van der Waals surface area contributed by atoms with Gasteiger partial charge in [0.15, 0.2) is 0 Å². The van der Waals surface area contributed by atoms with E-state index in [9.17, 15) is 9.59 Å². The van der Waals surface area contributed by atoms with Gasteiger partial charge in [0, 0.05) is 17.7 Å². The first-order valence-electron chi connectivity index (χ1n) is 9.40. The highest BCUT2D eigenvalue weighted by molar-refractivity contribution is 6.12. The number of rotatable bonds is 3. The van der Waals surface area contributed by atoms with E-state index in [1.807, 2.05) is 55.5 Å². The minimum atomic E-state index is -0.255. The largest absolute Gasteiger partial charge is 0.325 e. The van der Waals surface area contributed by atoms with Crippen molar-refractivity contribution in [2.45, 2.75) is 40.0 Å². The molecule has 2 unspecified atom stereocenters. The molecule has 0 aromatic heterocycles. The summed E-state index contributed by atoms with van der Waals surface area (Å²) in [4.78, 5) is 29.2. The second-order valence-electron chi connectivity index (χ2n) is 8.02. The SMILES string of the molecule is CCC(C(=O)N=C1C=CC2C(=C1)NC(=O)C=C2C(C)(C)C)c1ccccc1. The minimum Gasteiger partial charge on any atom is -0.325 e. The predicted octanol–water partition coefficient (Wildman–Crippen LogP) is 4.32. The molecule has 4 nitrogen and oxygen atoms in total. The van der Waals surface area contributed by atoms with Gasteiger partial charge in [0.25, 0.3) is 5.91 Å². The van der Waals surface area contributed by atoms with Crippen molar-refractivity contribution in [2.24, 2.45) is 16.3 Å². The zero-order valence-corrected chi connectivity index (χ0v) is 16.3. The third kappa shape index (κ3) is 4.16. The quantitative estimate of drug-likeness (QED) is 0.870. The van der Waals surface area contributed by atoms with Crippen LogP contribution < -0.4 is 5.32 Å². The molecule has 1 aromatic carbocycles. The number of hydrogen-bond acceptors (Lipinski definition) is 2. The van der Waals surface area contributed by atoms with Crippen LogP contribution in [0.2, 0.25) is 0 Å².